The minimum Gasteiger partial charge on any atom is -0.237 e. The van der Waals surface area contributed by atoms with Crippen LogP contribution in [-0.4, -0.2) is 20.6 Å². The van der Waals surface area contributed by atoms with E-state index in [0.717, 1.165) is 24.3 Å². The summed E-state index contributed by atoms with van der Waals surface area (Å²) in [5, 5.41) is 0. The van der Waals surface area contributed by atoms with Gasteiger partial charge < -0.3 is 0 Å². The van der Waals surface area contributed by atoms with Crippen molar-refractivity contribution in [1.29, 1.82) is 0 Å². The first kappa shape index (κ1) is 16.7. The van der Waals surface area contributed by atoms with Crippen molar-refractivity contribution in [3.63, 3.8) is 0 Å². The highest BCUT2D eigenvalue weighted by Gasteiger charge is 2.35. The molecule has 1 saturated heterocycles. The lowest BCUT2D eigenvalue weighted by Crippen LogP contribution is -2.48. The summed E-state index contributed by atoms with van der Waals surface area (Å²) in [5.74, 6) is 0. The van der Waals surface area contributed by atoms with Crippen LogP contribution in [-0.2, 0) is 16.4 Å². The molecule has 21 heavy (non-hydrogen) atoms. The highest BCUT2D eigenvalue weighted by molar-refractivity contribution is 7.82. The fourth-order valence-corrected chi connectivity index (χ4v) is 4.86. The lowest BCUT2D eigenvalue weighted by molar-refractivity contribution is 0.178. The molecule has 1 aliphatic rings. The molecule has 0 amide bonds. The summed E-state index contributed by atoms with van der Waals surface area (Å²) >= 11 is 0. The van der Waals surface area contributed by atoms with Gasteiger partial charge >= 0.3 is 0 Å². The second kappa shape index (κ2) is 5.85. The number of hydrogen-bond donors (Lipinski definition) is 0. The van der Waals surface area contributed by atoms with Gasteiger partial charge in [-0.1, -0.05) is 44.9 Å². The van der Waals surface area contributed by atoms with E-state index >= 15 is 0 Å². The third-order valence-corrected chi connectivity index (χ3v) is 6.22. The van der Waals surface area contributed by atoms with E-state index in [2.05, 4.69) is 64.0 Å². The Bertz CT molecular complexity index is 543. The molecule has 0 saturated carbocycles. The van der Waals surface area contributed by atoms with E-state index in [1.807, 2.05) is 0 Å². The van der Waals surface area contributed by atoms with Crippen molar-refractivity contribution in [2.24, 2.45) is 0 Å². The first-order valence-corrected chi connectivity index (χ1v) is 9.04. The maximum Gasteiger partial charge on any atom is 0.128 e. The van der Waals surface area contributed by atoms with Crippen molar-refractivity contribution in [2.75, 3.05) is 6.54 Å². The van der Waals surface area contributed by atoms with Crippen LogP contribution in [0.2, 0.25) is 0 Å². The summed E-state index contributed by atoms with van der Waals surface area (Å²) in [4.78, 5) is 0.989. The first-order valence-electron chi connectivity index (χ1n) is 7.93. The fraction of sp³-hybridized carbons (Fsp3) is 0.667. The third kappa shape index (κ3) is 3.57. The van der Waals surface area contributed by atoms with Gasteiger partial charge in [-0.2, -0.15) is 0 Å². The number of benzene rings is 1. The van der Waals surface area contributed by atoms with Crippen LogP contribution in [0, 0.1) is 6.92 Å². The minimum atomic E-state index is -1.07. The largest absolute Gasteiger partial charge is 0.237 e. The van der Waals surface area contributed by atoms with E-state index < -0.39 is 11.0 Å². The Balaban J connectivity index is 2.44. The van der Waals surface area contributed by atoms with E-state index in [1.165, 1.54) is 17.5 Å². The molecule has 0 spiro atoms. The van der Waals surface area contributed by atoms with Gasteiger partial charge in [-0.3, -0.25) is 0 Å². The SMILES string of the molecule is Cc1ccc(S(=O)N2CCCCC2(C)C)c(C(C)(C)C)c1. The molecule has 0 aromatic heterocycles. The highest BCUT2D eigenvalue weighted by atomic mass is 32.2. The summed E-state index contributed by atoms with van der Waals surface area (Å²) in [5.41, 5.74) is 2.47. The van der Waals surface area contributed by atoms with Crippen LogP contribution in [0.25, 0.3) is 0 Å². The van der Waals surface area contributed by atoms with E-state index in [9.17, 15) is 4.21 Å². The molecule has 1 fully saturated rings. The van der Waals surface area contributed by atoms with Crippen molar-refractivity contribution in [2.45, 2.75) is 76.7 Å². The van der Waals surface area contributed by atoms with Crippen LogP contribution in [0.5, 0.6) is 0 Å². The molecule has 0 bridgehead atoms. The van der Waals surface area contributed by atoms with Gasteiger partial charge in [-0.15, -0.1) is 0 Å². The van der Waals surface area contributed by atoms with Crippen molar-refractivity contribution in [1.82, 2.24) is 4.31 Å². The molecule has 1 heterocycles. The minimum absolute atomic E-state index is 0.0109. The predicted octanol–water partition coefficient (Wildman–Crippen LogP) is 4.58. The van der Waals surface area contributed by atoms with E-state index in [4.69, 9.17) is 0 Å². The molecule has 3 heteroatoms. The van der Waals surface area contributed by atoms with Gasteiger partial charge in [-0.05, 0) is 50.7 Å². The van der Waals surface area contributed by atoms with E-state index in [1.54, 1.807) is 0 Å². The van der Waals surface area contributed by atoms with Gasteiger partial charge in [0.05, 0.1) is 4.90 Å². The van der Waals surface area contributed by atoms with Crippen molar-refractivity contribution < 1.29 is 4.21 Å². The van der Waals surface area contributed by atoms with Gasteiger partial charge in [0.1, 0.15) is 11.0 Å². The molecule has 2 rings (SSSR count). The molecule has 0 N–H and O–H groups in total. The van der Waals surface area contributed by atoms with Crippen LogP contribution < -0.4 is 0 Å². The quantitative estimate of drug-likeness (QED) is 0.783. The van der Waals surface area contributed by atoms with E-state index in [0.29, 0.717) is 0 Å². The number of aryl methyl sites for hydroxylation is 1. The van der Waals surface area contributed by atoms with Crippen molar-refractivity contribution in [3.8, 4) is 0 Å². The Morgan fingerprint density at radius 1 is 1.19 bits per heavy atom. The molecule has 0 aliphatic carbocycles. The zero-order valence-corrected chi connectivity index (χ0v) is 15.1. The maximum absolute atomic E-state index is 13.2. The summed E-state index contributed by atoms with van der Waals surface area (Å²) in [6, 6.07) is 6.35. The van der Waals surface area contributed by atoms with Crippen molar-refractivity contribution >= 4 is 11.0 Å². The number of hydrogen-bond acceptors (Lipinski definition) is 1. The Hall–Kier alpha value is -0.670. The Labute approximate surface area is 132 Å². The standard InChI is InChI=1S/C18H29NOS/c1-14-9-10-16(15(13-14)17(2,3)4)21(20)19-12-8-7-11-18(19,5)6/h9-10,13H,7-8,11-12H2,1-6H3. The third-order valence-electron chi connectivity index (χ3n) is 4.41. The summed E-state index contributed by atoms with van der Waals surface area (Å²) in [6.07, 6.45) is 3.50. The van der Waals surface area contributed by atoms with Crippen LogP contribution in [0.1, 0.15) is 65.0 Å². The van der Waals surface area contributed by atoms with Gasteiger partial charge in [-0.25, -0.2) is 8.51 Å². The Morgan fingerprint density at radius 3 is 2.43 bits per heavy atom. The van der Waals surface area contributed by atoms with Crippen LogP contribution in [0.15, 0.2) is 23.1 Å². The van der Waals surface area contributed by atoms with Crippen molar-refractivity contribution in [3.05, 3.63) is 29.3 Å². The average Bonchev–Trinajstić information content (AvgIpc) is 2.36. The monoisotopic (exact) mass is 307 g/mol. The molecule has 1 unspecified atom stereocenters. The Kier molecular flexibility index (Phi) is 4.65. The zero-order chi connectivity index (χ0) is 15.8. The molecule has 2 nitrogen and oxygen atoms in total. The predicted molar refractivity (Wildman–Crippen MR) is 90.9 cm³/mol. The molecule has 1 aromatic carbocycles. The lowest BCUT2D eigenvalue weighted by Gasteiger charge is -2.41. The number of rotatable bonds is 2. The Morgan fingerprint density at radius 2 is 1.86 bits per heavy atom. The summed E-state index contributed by atoms with van der Waals surface area (Å²) in [6.45, 7) is 14.1. The topological polar surface area (TPSA) is 20.3 Å². The molecule has 0 radical (unpaired) electrons. The highest BCUT2D eigenvalue weighted by Crippen LogP contribution is 2.35. The lowest BCUT2D eigenvalue weighted by atomic mass is 9.86. The molecule has 1 aromatic rings. The zero-order valence-electron chi connectivity index (χ0n) is 14.3. The second-order valence-corrected chi connectivity index (χ2v) is 9.25. The van der Waals surface area contributed by atoms with Crippen LogP contribution in [0.3, 0.4) is 0 Å². The van der Waals surface area contributed by atoms with Crippen LogP contribution >= 0.6 is 0 Å². The van der Waals surface area contributed by atoms with Gasteiger partial charge in [0, 0.05) is 12.1 Å². The molecule has 1 aliphatic heterocycles. The first-order chi connectivity index (χ1) is 9.63. The molecular formula is C18H29NOS. The molecule has 1 atom stereocenters. The normalized spacial score (nSPS) is 21.2. The maximum atomic E-state index is 13.2. The van der Waals surface area contributed by atoms with Gasteiger partial charge in [0.2, 0.25) is 0 Å². The number of piperidine rings is 1. The molecule has 118 valence electrons. The summed E-state index contributed by atoms with van der Waals surface area (Å²) < 4.78 is 15.4. The van der Waals surface area contributed by atoms with Gasteiger partial charge in [0.25, 0.3) is 0 Å². The second-order valence-electron chi connectivity index (χ2n) is 7.87. The van der Waals surface area contributed by atoms with E-state index in [-0.39, 0.29) is 11.0 Å². The average molecular weight is 308 g/mol. The fourth-order valence-electron chi connectivity index (χ4n) is 3.05. The van der Waals surface area contributed by atoms with Crippen LogP contribution in [0.4, 0.5) is 0 Å². The smallest absolute Gasteiger partial charge is 0.128 e. The number of nitrogens with zero attached hydrogens (tertiary/aromatic N) is 1. The van der Waals surface area contributed by atoms with Gasteiger partial charge in [0.15, 0.2) is 0 Å². The molecular weight excluding hydrogens is 278 g/mol. The summed E-state index contributed by atoms with van der Waals surface area (Å²) in [7, 11) is -1.07.